The molecule has 1 aromatic heterocycles. The van der Waals surface area contributed by atoms with Crippen molar-refractivity contribution in [2.45, 2.75) is 44.1 Å². The van der Waals surface area contributed by atoms with Crippen molar-refractivity contribution < 1.29 is 4.74 Å². The van der Waals surface area contributed by atoms with Gasteiger partial charge in [-0.3, -0.25) is 4.68 Å². The Morgan fingerprint density at radius 3 is 2.82 bits per heavy atom. The fourth-order valence-electron chi connectivity index (χ4n) is 2.99. The number of hydrogen-bond donors (Lipinski definition) is 1. The van der Waals surface area contributed by atoms with E-state index in [0.29, 0.717) is 12.0 Å². The molecule has 1 saturated carbocycles. The first-order valence-electron chi connectivity index (χ1n) is 6.51. The summed E-state index contributed by atoms with van der Waals surface area (Å²) in [4.78, 5) is 0. The van der Waals surface area contributed by atoms with E-state index in [4.69, 9.17) is 4.74 Å². The zero-order valence-electron chi connectivity index (χ0n) is 11.1. The summed E-state index contributed by atoms with van der Waals surface area (Å²) in [6.07, 6.45) is 8.26. The minimum absolute atomic E-state index is 0.518. The minimum Gasteiger partial charge on any atom is -0.493 e. The third-order valence-electron chi connectivity index (χ3n) is 3.91. The molecule has 1 N–H and O–H groups in total. The van der Waals surface area contributed by atoms with Crippen molar-refractivity contribution in [3.63, 3.8) is 0 Å². The number of aryl methyl sites for hydroxylation is 1. The van der Waals surface area contributed by atoms with Crippen molar-refractivity contribution in [3.8, 4) is 5.75 Å². The molecule has 2 atom stereocenters. The van der Waals surface area contributed by atoms with Gasteiger partial charge in [0.2, 0.25) is 0 Å². The Labute approximate surface area is 103 Å². The van der Waals surface area contributed by atoms with Gasteiger partial charge in [0.15, 0.2) is 5.75 Å². The van der Waals surface area contributed by atoms with Crippen LogP contribution in [0, 0.1) is 0 Å². The predicted octanol–water partition coefficient (Wildman–Crippen LogP) is 2.06. The normalized spacial score (nSPS) is 25.6. The maximum atomic E-state index is 5.44. The maximum Gasteiger partial charge on any atom is 0.160 e. The van der Waals surface area contributed by atoms with Crippen molar-refractivity contribution in [1.29, 1.82) is 0 Å². The standard InChI is InChI=1S/C13H23N3O/c1-14-11-8-6-4-5-7-10(11)13-12(17-3)9-15-16(13)2/h9-11,14H,4-8H2,1-3H3. The van der Waals surface area contributed by atoms with Crippen LogP contribution in [-0.2, 0) is 7.05 Å². The summed E-state index contributed by atoms with van der Waals surface area (Å²) in [7, 11) is 5.80. The van der Waals surface area contributed by atoms with Gasteiger partial charge in [-0.25, -0.2) is 0 Å². The Morgan fingerprint density at radius 1 is 1.35 bits per heavy atom. The lowest BCUT2D eigenvalue weighted by molar-refractivity contribution is 0.376. The molecule has 0 radical (unpaired) electrons. The molecule has 1 heterocycles. The van der Waals surface area contributed by atoms with Crippen LogP contribution in [0.5, 0.6) is 5.75 Å². The van der Waals surface area contributed by atoms with Crippen molar-refractivity contribution in [1.82, 2.24) is 15.1 Å². The molecule has 1 aromatic rings. The quantitative estimate of drug-likeness (QED) is 0.818. The first kappa shape index (κ1) is 12.4. The molecule has 2 unspecified atom stereocenters. The Balaban J connectivity index is 2.30. The number of likely N-dealkylation sites (N-methyl/N-ethyl adjacent to an activating group) is 1. The van der Waals surface area contributed by atoms with E-state index in [1.807, 2.05) is 17.9 Å². The van der Waals surface area contributed by atoms with Gasteiger partial charge >= 0.3 is 0 Å². The van der Waals surface area contributed by atoms with Gasteiger partial charge in [0, 0.05) is 19.0 Å². The highest BCUT2D eigenvalue weighted by atomic mass is 16.5. The van der Waals surface area contributed by atoms with Crippen LogP contribution in [0.3, 0.4) is 0 Å². The summed E-state index contributed by atoms with van der Waals surface area (Å²) in [5.41, 5.74) is 1.24. The van der Waals surface area contributed by atoms with Crippen molar-refractivity contribution in [2.75, 3.05) is 14.2 Å². The Kier molecular flexibility index (Phi) is 4.05. The average molecular weight is 237 g/mol. The number of nitrogens with one attached hydrogen (secondary N) is 1. The lowest BCUT2D eigenvalue weighted by atomic mass is 9.91. The molecule has 0 bridgehead atoms. The topological polar surface area (TPSA) is 39.1 Å². The number of hydrogen-bond acceptors (Lipinski definition) is 3. The predicted molar refractivity (Wildman–Crippen MR) is 68.4 cm³/mol. The van der Waals surface area contributed by atoms with Crippen LogP contribution in [0.25, 0.3) is 0 Å². The van der Waals surface area contributed by atoms with Crippen LogP contribution in [-0.4, -0.2) is 30.0 Å². The smallest absolute Gasteiger partial charge is 0.160 e. The first-order chi connectivity index (χ1) is 8.27. The Morgan fingerprint density at radius 2 is 2.12 bits per heavy atom. The highest BCUT2D eigenvalue weighted by molar-refractivity contribution is 5.30. The molecule has 17 heavy (non-hydrogen) atoms. The van der Waals surface area contributed by atoms with Crippen molar-refractivity contribution in [2.24, 2.45) is 7.05 Å². The average Bonchev–Trinajstić information content (AvgIpc) is 2.58. The van der Waals surface area contributed by atoms with E-state index >= 15 is 0 Å². The van der Waals surface area contributed by atoms with Crippen LogP contribution in [0.2, 0.25) is 0 Å². The molecule has 0 aromatic carbocycles. The van der Waals surface area contributed by atoms with Crippen molar-refractivity contribution >= 4 is 0 Å². The molecule has 4 nitrogen and oxygen atoms in total. The van der Waals surface area contributed by atoms with Crippen LogP contribution >= 0.6 is 0 Å². The summed E-state index contributed by atoms with van der Waals surface area (Å²) in [6, 6.07) is 0.543. The summed E-state index contributed by atoms with van der Waals surface area (Å²) in [5.74, 6) is 1.45. The largest absolute Gasteiger partial charge is 0.493 e. The van der Waals surface area contributed by atoms with E-state index in [2.05, 4.69) is 17.5 Å². The lowest BCUT2D eigenvalue weighted by Crippen LogP contribution is -2.32. The third kappa shape index (κ3) is 2.46. The maximum absolute atomic E-state index is 5.44. The number of nitrogens with zero attached hydrogens (tertiary/aromatic N) is 2. The van der Waals surface area contributed by atoms with Gasteiger partial charge in [-0.05, 0) is 19.9 Å². The molecular weight excluding hydrogens is 214 g/mol. The monoisotopic (exact) mass is 237 g/mol. The molecule has 0 saturated heterocycles. The molecule has 96 valence electrons. The number of methoxy groups -OCH3 is 1. The number of ether oxygens (including phenoxy) is 1. The van der Waals surface area contributed by atoms with Crippen molar-refractivity contribution in [3.05, 3.63) is 11.9 Å². The van der Waals surface area contributed by atoms with Gasteiger partial charge in [-0.2, -0.15) is 5.10 Å². The summed E-state index contributed by atoms with van der Waals surface area (Å²) >= 11 is 0. The summed E-state index contributed by atoms with van der Waals surface area (Å²) < 4.78 is 7.41. The molecule has 0 spiro atoms. The zero-order valence-corrected chi connectivity index (χ0v) is 11.1. The highest BCUT2D eigenvalue weighted by Gasteiger charge is 2.28. The third-order valence-corrected chi connectivity index (χ3v) is 3.91. The molecule has 0 amide bonds. The highest BCUT2D eigenvalue weighted by Crippen LogP contribution is 2.36. The van der Waals surface area contributed by atoms with Crippen LogP contribution in [0.4, 0.5) is 0 Å². The van der Waals surface area contributed by atoms with Gasteiger partial charge < -0.3 is 10.1 Å². The number of rotatable bonds is 3. The Bertz CT molecular complexity index is 362. The van der Waals surface area contributed by atoms with Gasteiger partial charge in [0.1, 0.15) is 0 Å². The van der Waals surface area contributed by atoms with E-state index in [0.717, 1.165) is 5.75 Å². The molecule has 2 rings (SSSR count). The Hall–Kier alpha value is -1.03. The second-order valence-corrected chi connectivity index (χ2v) is 4.86. The summed E-state index contributed by atoms with van der Waals surface area (Å²) in [5, 5.41) is 7.79. The first-order valence-corrected chi connectivity index (χ1v) is 6.51. The summed E-state index contributed by atoms with van der Waals surface area (Å²) in [6.45, 7) is 0. The number of aromatic nitrogens is 2. The van der Waals surface area contributed by atoms with Gasteiger partial charge in [-0.15, -0.1) is 0 Å². The molecule has 0 aliphatic heterocycles. The lowest BCUT2D eigenvalue weighted by Gasteiger charge is -2.25. The zero-order chi connectivity index (χ0) is 12.3. The van der Waals surface area contributed by atoms with Gasteiger partial charge in [-0.1, -0.05) is 19.3 Å². The van der Waals surface area contributed by atoms with Crippen LogP contribution < -0.4 is 10.1 Å². The van der Waals surface area contributed by atoms with Crippen LogP contribution in [0.15, 0.2) is 6.20 Å². The molecule has 1 aliphatic carbocycles. The van der Waals surface area contributed by atoms with E-state index in [-0.39, 0.29) is 0 Å². The second-order valence-electron chi connectivity index (χ2n) is 4.86. The van der Waals surface area contributed by atoms with E-state index in [9.17, 15) is 0 Å². The van der Waals surface area contributed by atoms with Gasteiger partial charge in [0.25, 0.3) is 0 Å². The SMILES string of the molecule is CNC1CCCCCC1c1c(OC)cnn1C. The molecule has 1 fully saturated rings. The fraction of sp³-hybridized carbons (Fsp3) is 0.769. The van der Waals surface area contributed by atoms with E-state index in [1.54, 1.807) is 7.11 Å². The minimum atomic E-state index is 0.518. The fourth-order valence-corrected chi connectivity index (χ4v) is 2.99. The second kappa shape index (κ2) is 5.54. The van der Waals surface area contributed by atoms with Crippen LogP contribution in [0.1, 0.15) is 43.7 Å². The molecular formula is C13H23N3O. The molecule has 1 aliphatic rings. The van der Waals surface area contributed by atoms with Gasteiger partial charge in [0.05, 0.1) is 19.0 Å². The molecule has 4 heteroatoms. The van der Waals surface area contributed by atoms with E-state index in [1.165, 1.54) is 37.8 Å². The van der Waals surface area contributed by atoms with E-state index < -0.39 is 0 Å².